The summed E-state index contributed by atoms with van der Waals surface area (Å²) in [6.07, 6.45) is 0.827. The number of benzene rings is 2. The van der Waals surface area contributed by atoms with Crippen molar-refractivity contribution in [2.24, 2.45) is 0 Å². The van der Waals surface area contributed by atoms with Crippen molar-refractivity contribution in [1.29, 1.82) is 0 Å². The van der Waals surface area contributed by atoms with Crippen LogP contribution in [-0.2, 0) is 22.4 Å². The quantitative estimate of drug-likeness (QED) is 0.733. The second kappa shape index (κ2) is 8.15. The maximum atomic E-state index is 12.6. The number of nitrogens with zero attached hydrogens (tertiary/aromatic N) is 2. The first kappa shape index (κ1) is 18.1. The molecule has 5 nitrogen and oxygen atoms in total. The Morgan fingerprint density at radius 2 is 1.23 bits per heavy atom. The Hall–Kier alpha value is -2.66. The Bertz CT molecular complexity index is 806. The van der Waals surface area contributed by atoms with Crippen molar-refractivity contribution in [3.05, 3.63) is 70.7 Å². The molecule has 1 aliphatic rings. The molecule has 2 aromatic carbocycles. The van der Waals surface area contributed by atoms with Gasteiger partial charge in [-0.05, 0) is 36.1 Å². The number of rotatable bonds is 6. The van der Waals surface area contributed by atoms with Crippen LogP contribution < -0.4 is 0 Å². The van der Waals surface area contributed by atoms with Crippen LogP contribution in [0.25, 0.3) is 0 Å². The predicted octanol–water partition coefficient (Wildman–Crippen LogP) is 3.31. The minimum absolute atomic E-state index is 0.244. The molecule has 0 aromatic heterocycles. The minimum atomic E-state index is -0.531. The first-order valence-electron chi connectivity index (χ1n) is 8.47. The van der Waals surface area contributed by atoms with Gasteiger partial charge in [0.25, 0.3) is 0 Å². The topological polar surface area (TPSA) is 57.7 Å². The molecule has 3 rings (SSSR count). The van der Waals surface area contributed by atoms with E-state index >= 15 is 0 Å². The van der Waals surface area contributed by atoms with Gasteiger partial charge in [-0.1, -0.05) is 54.1 Å². The van der Waals surface area contributed by atoms with E-state index in [9.17, 15) is 14.4 Å². The van der Waals surface area contributed by atoms with Gasteiger partial charge >= 0.3 is 6.03 Å². The van der Waals surface area contributed by atoms with Crippen LogP contribution in [0, 0.1) is 0 Å². The zero-order valence-electron chi connectivity index (χ0n) is 14.2. The molecule has 0 unspecified atom stereocenters. The van der Waals surface area contributed by atoms with E-state index in [1.54, 1.807) is 12.1 Å². The van der Waals surface area contributed by atoms with Crippen LogP contribution in [0.15, 0.2) is 54.6 Å². The predicted molar refractivity (Wildman–Crippen MR) is 98.7 cm³/mol. The molecule has 134 valence electrons. The van der Waals surface area contributed by atoms with Crippen LogP contribution in [0.1, 0.15) is 17.5 Å². The highest BCUT2D eigenvalue weighted by Crippen LogP contribution is 2.16. The lowest BCUT2D eigenvalue weighted by Crippen LogP contribution is -2.55. The molecule has 1 saturated heterocycles. The first-order chi connectivity index (χ1) is 12.5. The zero-order valence-corrected chi connectivity index (χ0v) is 15.0. The van der Waals surface area contributed by atoms with Crippen LogP contribution in [0.3, 0.4) is 0 Å². The normalized spacial score (nSPS) is 14.9. The van der Waals surface area contributed by atoms with Crippen LogP contribution in [0.2, 0.25) is 5.02 Å². The Morgan fingerprint density at radius 3 is 1.77 bits per heavy atom. The summed E-state index contributed by atoms with van der Waals surface area (Å²) in [5.74, 6) is -0.872. The number of amides is 4. The summed E-state index contributed by atoms with van der Waals surface area (Å²) in [5, 5.41) is 0.636. The van der Waals surface area contributed by atoms with E-state index in [2.05, 4.69) is 0 Å². The number of hydrogen-bond donors (Lipinski definition) is 0. The van der Waals surface area contributed by atoms with Crippen molar-refractivity contribution < 1.29 is 14.4 Å². The second-order valence-electron chi connectivity index (χ2n) is 6.16. The first-order valence-corrected chi connectivity index (χ1v) is 8.85. The minimum Gasteiger partial charge on any atom is -0.274 e. The number of barbiturate groups is 1. The largest absolute Gasteiger partial charge is 0.333 e. The summed E-state index contributed by atoms with van der Waals surface area (Å²) >= 11 is 5.86. The van der Waals surface area contributed by atoms with Crippen molar-refractivity contribution in [3.8, 4) is 0 Å². The fourth-order valence-electron chi connectivity index (χ4n) is 2.90. The van der Waals surface area contributed by atoms with E-state index in [-0.39, 0.29) is 19.5 Å². The van der Waals surface area contributed by atoms with Crippen LogP contribution in [0.5, 0.6) is 0 Å². The summed E-state index contributed by atoms with van der Waals surface area (Å²) in [5.41, 5.74) is 2.01. The van der Waals surface area contributed by atoms with E-state index < -0.39 is 17.8 Å². The summed E-state index contributed by atoms with van der Waals surface area (Å²) < 4.78 is 0. The molecule has 26 heavy (non-hydrogen) atoms. The van der Waals surface area contributed by atoms with Crippen molar-refractivity contribution in [1.82, 2.24) is 9.80 Å². The summed E-state index contributed by atoms with van der Waals surface area (Å²) in [7, 11) is 0. The lowest BCUT2D eigenvalue weighted by molar-refractivity contribution is -0.142. The standard InChI is InChI=1S/C20H19ClN2O3/c21-17-8-6-16(7-9-17)11-13-23-19(25)14-18(24)22(20(23)26)12-10-15-4-2-1-3-5-15/h1-9H,10-14H2. The Morgan fingerprint density at radius 1 is 0.731 bits per heavy atom. The van der Waals surface area contributed by atoms with Gasteiger partial charge in [-0.2, -0.15) is 0 Å². The van der Waals surface area contributed by atoms with Gasteiger partial charge in [-0.25, -0.2) is 4.79 Å². The highest BCUT2D eigenvalue weighted by atomic mass is 35.5. The van der Waals surface area contributed by atoms with Crippen molar-refractivity contribution in [2.75, 3.05) is 13.1 Å². The molecule has 1 aliphatic heterocycles. The average molecular weight is 371 g/mol. The number of urea groups is 1. The third-order valence-electron chi connectivity index (χ3n) is 4.37. The molecule has 0 atom stereocenters. The van der Waals surface area contributed by atoms with Crippen LogP contribution >= 0.6 is 11.6 Å². The number of carbonyl (C=O) groups is 3. The van der Waals surface area contributed by atoms with Crippen molar-refractivity contribution in [2.45, 2.75) is 19.3 Å². The molecule has 1 fully saturated rings. The number of halogens is 1. The maximum Gasteiger partial charge on any atom is 0.333 e. The zero-order chi connectivity index (χ0) is 18.5. The Kier molecular flexibility index (Phi) is 5.68. The van der Waals surface area contributed by atoms with E-state index in [1.807, 2.05) is 42.5 Å². The molecule has 2 aromatic rings. The molecule has 0 N–H and O–H groups in total. The molecule has 6 heteroatoms. The van der Waals surface area contributed by atoms with E-state index in [0.717, 1.165) is 11.1 Å². The third kappa shape index (κ3) is 4.29. The summed E-state index contributed by atoms with van der Waals surface area (Å²) in [6.45, 7) is 0.515. The average Bonchev–Trinajstić information content (AvgIpc) is 2.63. The summed E-state index contributed by atoms with van der Waals surface area (Å²) in [6, 6.07) is 16.4. The number of imide groups is 2. The van der Waals surface area contributed by atoms with Gasteiger partial charge in [0.1, 0.15) is 6.42 Å². The Labute approximate surface area is 157 Å². The van der Waals surface area contributed by atoms with Gasteiger partial charge in [-0.15, -0.1) is 0 Å². The monoisotopic (exact) mass is 370 g/mol. The van der Waals surface area contributed by atoms with Gasteiger partial charge in [0.05, 0.1) is 0 Å². The van der Waals surface area contributed by atoms with Crippen molar-refractivity contribution >= 4 is 29.4 Å². The highest BCUT2D eigenvalue weighted by Gasteiger charge is 2.37. The number of hydrogen-bond acceptors (Lipinski definition) is 3. The molecule has 1 heterocycles. The summed E-state index contributed by atoms with van der Waals surface area (Å²) in [4.78, 5) is 39.3. The fraction of sp³-hybridized carbons (Fsp3) is 0.250. The maximum absolute atomic E-state index is 12.6. The molecular formula is C20H19ClN2O3. The van der Waals surface area contributed by atoms with E-state index in [1.165, 1.54) is 9.80 Å². The molecule has 0 spiro atoms. The third-order valence-corrected chi connectivity index (χ3v) is 4.62. The lowest BCUT2D eigenvalue weighted by Gasteiger charge is -2.32. The van der Waals surface area contributed by atoms with Crippen LogP contribution in [-0.4, -0.2) is 40.7 Å². The molecule has 0 saturated carbocycles. The second-order valence-corrected chi connectivity index (χ2v) is 6.60. The Balaban J connectivity index is 1.64. The smallest absolute Gasteiger partial charge is 0.274 e. The van der Waals surface area contributed by atoms with Gasteiger partial charge in [0.15, 0.2) is 0 Å². The van der Waals surface area contributed by atoms with E-state index in [4.69, 9.17) is 11.6 Å². The highest BCUT2D eigenvalue weighted by molar-refractivity contribution is 6.30. The van der Waals surface area contributed by atoms with Gasteiger partial charge in [0, 0.05) is 18.1 Å². The number of carbonyl (C=O) groups excluding carboxylic acids is 3. The molecule has 0 radical (unpaired) electrons. The molecule has 4 amide bonds. The molecule has 0 aliphatic carbocycles. The van der Waals surface area contributed by atoms with Gasteiger partial charge in [0.2, 0.25) is 11.8 Å². The van der Waals surface area contributed by atoms with Gasteiger partial charge in [-0.3, -0.25) is 19.4 Å². The van der Waals surface area contributed by atoms with Crippen molar-refractivity contribution in [3.63, 3.8) is 0 Å². The molecule has 0 bridgehead atoms. The fourth-order valence-corrected chi connectivity index (χ4v) is 3.02. The van der Waals surface area contributed by atoms with Crippen LogP contribution in [0.4, 0.5) is 4.79 Å². The molecular weight excluding hydrogens is 352 g/mol. The van der Waals surface area contributed by atoms with E-state index in [0.29, 0.717) is 17.9 Å². The lowest BCUT2D eigenvalue weighted by atomic mass is 10.1. The van der Waals surface area contributed by atoms with Gasteiger partial charge < -0.3 is 0 Å². The SMILES string of the molecule is O=C1CC(=O)N(CCc2ccc(Cl)cc2)C(=O)N1CCc1ccccc1.